The molecule has 0 saturated carbocycles. The third-order valence-electron chi connectivity index (χ3n) is 5.92. The summed E-state index contributed by atoms with van der Waals surface area (Å²) in [4.78, 5) is 6.95. The minimum Gasteiger partial charge on any atom is -0.379 e. The smallest absolute Gasteiger partial charge is 0.191 e. The monoisotopic (exact) mass is 566 g/mol. The molecular weight excluding hydrogens is 527 g/mol. The van der Waals surface area contributed by atoms with Crippen LogP contribution < -0.4 is 10.6 Å². The molecule has 3 rings (SSSR count). The van der Waals surface area contributed by atoms with E-state index in [4.69, 9.17) is 9.47 Å². The van der Waals surface area contributed by atoms with Crippen LogP contribution in [0.3, 0.4) is 0 Å². The summed E-state index contributed by atoms with van der Waals surface area (Å²) in [6.07, 6.45) is 0. The van der Waals surface area contributed by atoms with Crippen molar-refractivity contribution in [3.63, 3.8) is 0 Å². The number of nitrogens with one attached hydrogen (secondary N) is 2. The van der Waals surface area contributed by atoms with Gasteiger partial charge < -0.3 is 20.1 Å². The zero-order valence-electron chi connectivity index (χ0n) is 20.1. The van der Waals surface area contributed by atoms with Crippen LogP contribution in [0.4, 0.5) is 0 Å². The van der Waals surface area contributed by atoms with Gasteiger partial charge in [-0.2, -0.15) is 0 Å². The normalized spacial score (nSPS) is 15.7. The van der Waals surface area contributed by atoms with Crippen LogP contribution in [-0.2, 0) is 29.2 Å². The highest BCUT2D eigenvalue weighted by Crippen LogP contribution is 2.13. The maximum Gasteiger partial charge on any atom is 0.191 e. The zero-order chi connectivity index (χ0) is 22.6. The van der Waals surface area contributed by atoms with Gasteiger partial charge in [0.2, 0.25) is 0 Å². The maximum atomic E-state index is 5.96. The first-order valence-corrected chi connectivity index (χ1v) is 11.6. The number of ether oxygens (including phenoxy) is 2. The first-order valence-electron chi connectivity index (χ1n) is 11.6. The lowest BCUT2D eigenvalue weighted by atomic mass is 10.0. The summed E-state index contributed by atoms with van der Waals surface area (Å²) in [5.41, 5.74) is 3.60. The lowest BCUT2D eigenvalue weighted by molar-refractivity contribution is 0.00752. The SMILES string of the molecule is CN=C(NCc1ccccc1COCc1ccccc1)NCC(C(C)C)N1CCOCC1.I. The minimum absolute atomic E-state index is 0. The van der Waals surface area contributed by atoms with E-state index in [1.54, 1.807) is 0 Å². The molecule has 33 heavy (non-hydrogen) atoms. The Hall–Kier alpha value is -1.68. The van der Waals surface area contributed by atoms with Crippen molar-refractivity contribution in [3.8, 4) is 0 Å². The Bertz CT molecular complexity index is 826. The lowest BCUT2D eigenvalue weighted by Gasteiger charge is -2.37. The fourth-order valence-electron chi connectivity index (χ4n) is 4.02. The third kappa shape index (κ3) is 9.23. The van der Waals surface area contributed by atoms with Crippen LogP contribution >= 0.6 is 24.0 Å². The lowest BCUT2D eigenvalue weighted by Crippen LogP contribution is -2.52. The van der Waals surface area contributed by atoms with Crippen molar-refractivity contribution in [2.24, 2.45) is 10.9 Å². The van der Waals surface area contributed by atoms with Crippen molar-refractivity contribution in [3.05, 3.63) is 71.3 Å². The molecule has 1 aliphatic rings. The highest BCUT2D eigenvalue weighted by molar-refractivity contribution is 14.0. The molecule has 2 N–H and O–H groups in total. The number of aliphatic imine (C=N–C) groups is 1. The highest BCUT2D eigenvalue weighted by atomic mass is 127. The van der Waals surface area contributed by atoms with Crippen LogP contribution in [0.15, 0.2) is 59.6 Å². The zero-order valence-corrected chi connectivity index (χ0v) is 22.5. The molecule has 0 spiro atoms. The van der Waals surface area contributed by atoms with Crippen LogP contribution in [0.2, 0.25) is 0 Å². The van der Waals surface area contributed by atoms with Gasteiger partial charge in [0.05, 0.1) is 26.4 Å². The molecule has 1 saturated heterocycles. The van der Waals surface area contributed by atoms with Gasteiger partial charge >= 0.3 is 0 Å². The molecule has 2 aromatic carbocycles. The van der Waals surface area contributed by atoms with Crippen LogP contribution in [-0.4, -0.2) is 56.8 Å². The van der Waals surface area contributed by atoms with Gasteiger partial charge in [-0.1, -0.05) is 68.4 Å². The van der Waals surface area contributed by atoms with E-state index in [-0.39, 0.29) is 24.0 Å². The molecule has 1 unspecified atom stereocenters. The van der Waals surface area contributed by atoms with E-state index < -0.39 is 0 Å². The number of guanidine groups is 1. The van der Waals surface area contributed by atoms with E-state index in [1.807, 2.05) is 25.2 Å². The largest absolute Gasteiger partial charge is 0.379 e. The average Bonchev–Trinajstić information content (AvgIpc) is 2.83. The fourth-order valence-corrected chi connectivity index (χ4v) is 4.02. The van der Waals surface area contributed by atoms with E-state index in [0.29, 0.717) is 31.7 Å². The number of halogens is 1. The molecule has 182 valence electrons. The van der Waals surface area contributed by atoms with Gasteiger partial charge in [0.1, 0.15) is 0 Å². The van der Waals surface area contributed by atoms with Crippen molar-refractivity contribution in [1.82, 2.24) is 15.5 Å². The average molecular weight is 567 g/mol. The molecule has 2 aromatic rings. The molecule has 1 fully saturated rings. The number of nitrogens with zero attached hydrogens (tertiary/aromatic N) is 2. The molecule has 1 aliphatic heterocycles. The van der Waals surface area contributed by atoms with Crippen LogP contribution in [0.5, 0.6) is 0 Å². The Morgan fingerprint density at radius 1 is 0.970 bits per heavy atom. The molecular formula is C26H39IN4O2. The standard InChI is InChI=1S/C26H38N4O2.HI/c1-21(2)25(30-13-15-31-16-14-30)18-29-26(27-3)28-17-23-11-7-8-12-24(23)20-32-19-22-9-5-4-6-10-22;/h4-12,21,25H,13-20H2,1-3H3,(H2,27,28,29);1H. The van der Waals surface area contributed by atoms with Gasteiger partial charge in [0, 0.05) is 39.3 Å². The Labute approximate surface area is 216 Å². The van der Waals surface area contributed by atoms with Crippen LogP contribution in [0, 0.1) is 5.92 Å². The van der Waals surface area contributed by atoms with Crippen molar-refractivity contribution in [2.75, 3.05) is 39.9 Å². The highest BCUT2D eigenvalue weighted by Gasteiger charge is 2.23. The molecule has 1 atom stereocenters. The minimum atomic E-state index is 0. The predicted octanol–water partition coefficient (Wildman–Crippen LogP) is 4.04. The summed E-state index contributed by atoms with van der Waals surface area (Å²) in [6, 6.07) is 19.1. The number of rotatable bonds is 10. The van der Waals surface area contributed by atoms with Gasteiger partial charge in [-0.25, -0.2) is 0 Å². The number of hydrogen-bond acceptors (Lipinski definition) is 4. The van der Waals surface area contributed by atoms with Gasteiger partial charge in [-0.15, -0.1) is 24.0 Å². The Kier molecular flexibility index (Phi) is 12.8. The summed E-state index contributed by atoms with van der Waals surface area (Å²) >= 11 is 0. The van der Waals surface area contributed by atoms with Gasteiger partial charge in [0.25, 0.3) is 0 Å². The molecule has 6 nitrogen and oxygen atoms in total. The summed E-state index contributed by atoms with van der Waals surface area (Å²) < 4.78 is 11.5. The van der Waals surface area contributed by atoms with Crippen molar-refractivity contribution < 1.29 is 9.47 Å². The molecule has 0 aliphatic carbocycles. The van der Waals surface area contributed by atoms with E-state index in [2.05, 4.69) is 70.8 Å². The van der Waals surface area contributed by atoms with Crippen LogP contribution in [0.1, 0.15) is 30.5 Å². The van der Waals surface area contributed by atoms with E-state index in [0.717, 1.165) is 38.8 Å². The molecule has 1 heterocycles. The second-order valence-electron chi connectivity index (χ2n) is 8.51. The fraction of sp³-hybridized carbons (Fsp3) is 0.500. The molecule has 0 amide bonds. The predicted molar refractivity (Wildman–Crippen MR) is 146 cm³/mol. The second kappa shape index (κ2) is 15.3. The Morgan fingerprint density at radius 2 is 1.64 bits per heavy atom. The number of hydrogen-bond donors (Lipinski definition) is 2. The topological polar surface area (TPSA) is 58.1 Å². The van der Waals surface area contributed by atoms with Crippen LogP contribution in [0.25, 0.3) is 0 Å². The first kappa shape index (κ1) is 27.6. The maximum absolute atomic E-state index is 5.96. The second-order valence-corrected chi connectivity index (χ2v) is 8.51. The number of benzene rings is 2. The Balaban J connectivity index is 0.00000385. The van der Waals surface area contributed by atoms with E-state index >= 15 is 0 Å². The van der Waals surface area contributed by atoms with Gasteiger partial charge in [0.15, 0.2) is 5.96 Å². The van der Waals surface area contributed by atoms with E-state index in [1.165, 1.54) is 16.7 Å². The third-order valence-corrected chi connectivity index (χ3v) is 5.92. The van der Waals surface area contributed by atoms with Gasteiger partial charge in [-0.05, 0) is 22.6 Å². The Morgan fingerprint density at radius 3 is 2.30 bits per heavy atom. The summed E-state index contributed by atoms with van der Waals surface area (Å²) in [5.74, 6) is 1.38. The van der Waals surface area contributed by atoms with Crippen molar-refractivity contribution >= 4 is 29.9 Å². The van der Waals surface area contributed by atoms with E-state index in [9.17, 15) is 0 Å². The van der Waals surface area contributed by atoms with Crippen molar-refractivity contribution in [2.45, 2.75) is 39.6 Å². The molecule has 0 bridgehead atoms. The number of morpholine rings is 1. The summed E-state index contributed by atoms with van der Waals surface area (Å²) in [6.45, 7) is 11.0. The summed E-state index contributed by atoms with van der Waals surface area (Å²) in [7, 11) is 1.82. The molecule has 0 radical (unpaired) electrons. The van der Waals surface area contributed by atoms with Gasteiger partial charge in [-0.3, -0.25) is 9.89 Å². The molecule has 7 heteroatoms. The first-order chi connectivity index (χ1) is 15.7. The quantitative estimate of drug-likeness (QED) is 0.258. The summed E-state index contributed by atoms with van der Waals surface area (Å²) in [5, 5.41) is 7.00. The molecule has 0 aromatic heterocycles. The van der Waals surface area contributed by atoms with Crippen molar-refractivity contribution in [1.29, 1.82) is 0 Å².